The molecule has 2 saturated carbocycles. The van der Waals surface area contributed by atoms with Gasteiger partial charge in [0.2, 0.25) is 11.9 Å². The molecular weight excluding hydrogens is 715 g/mol. The Morgan fingerprint density at radius 1 is 0.648 bits per heavy atom. The normalized spacial score (nSPS) is 24.7. The Morgan fingerprint density at radius 3 is 1.57 bits per heavy atom. The van der Waals surface area contributed by atoms with E-state index < -0.39 is 0 Å². The Labute approximate surface area is 330 Å². The van der Waals surface area contributed by atoms with Crippen molar-refractivity contribution in [3.63, 3.8) is 0 Å². The van der Waals surface area contributed by atoms with Crippen LogP contribution in [0.1, 0.15) is 105 Å². The highest BCUT2D eigenvalue weighted by Gasteiger charge is 2.28. The number of rotatable bonds is 7. The van der Waals surface area contributed by atoms with Crippen molar-refractivity contribution in [2.24, 2.45) is 5.73 Å². The minimum Gasteiger partial charge on any atom is -0.368 e. The van der Waals surface area contributed by atoms with Crippen molar-refractivity contribution in [3.8, 4) is 0 Å². The number of nitrogens with two attached hydrogens (primary N) is 2. The topological polar surface area (TPSA) is 155 Å². The van der Waals surface area contributed by atoms with E-state index in [-0.39, 0.29) is 13.7 Å². The van der Waals surface area contributed by atoms with Gasteiger partial charge < -0.3 is 42.0 Å². The lowest BCUT2D eigenvalue weighted by Gasteiger charge is -2.33. The van der Waals surface area contributed by atoms with Crippen molar-refractivity contribution in [2.45, 2.75) is 141 Å². The van der Waals surface area contributed by atoms with E-state index in [9.17, 15) is 0 Å². The average molecular weight is 780 g/mol. The largest absolute Gasteiger partial charge is 0.368 e. The smallest absolute Gasteiger partial charge is 0.225 e. The monoisotopic (exact) mass is 779 g/mol. The summed E-state index contributed by atoms with van der Waals surface area (Å²) in [6.45, 7) is 0.862. The van der Waals surface area contributed by atoms with E-state index in [0.29, 0.717) is 24.1 Å². The van der Waals surface area contributed by atoms with Crippen LogP contribution >= 0.6 is 22.7 Å². The first-order valence-electron chi connectivity index (χ1n) is 20.0. The lowest BCUT2D eigenvalue weighted by molar-refractivity contribution is 0.116. The molecule has 4 aliphatic carbocycles. The van der Waals surface area contributed by atoms with Gasteiger partial charge in [-0.1, -0.05) is 7.43 Å². The highest BCUT2D eigenvalue weighted by Crippen LogP contribution is 2.42. The molecule has 54 heavy (non-hydrogen) atoms. The number of aromatic nitrogens is 4. The fraction of sp³-hybridized carbons (Fsp3) is 0.700. The van der Waals surface area contributed by atoms with E-state index in [4.69, 9.17) is 26.2 Å². The molecular formula is C40H65N11OS2. The van der Waals surface area contributed by atoms with Crippen LogP contribution in [0.3, 0.4) is 0 Å². The number of ether oxygens (including phenoxy) is 1. The second-order valence-corrected chi connectivity index (χ2v) is 18.1. The molecule has 3 fully saturated rings. The SMILES string of the molecule is C.CN(C)C1CCC(Nc2nc(N)nc3sc4c(c23)CCC4)CC1.CNc1nc(NC2CCC(N(C)C)CC2)c2c3c(sc2n1)CCC3.NC1CCCO1. The molecule has 0 radical (unpaired) electrons. The van der Waals surface area contributed by atoms with Gasteiger partial charge in [-0.15, -0.1) is 22.7 Å². The molecule has 0 aromatic carbocycles. The third-order valence-electron chi connectivity index (χ3n) is 11.9. The van der Waals surface area contributed by atoms with Crippen LogP contribution in [0.4, 0.5) is 23.5 Å². The molecule has 1 aliphatic heterocycles. The summed E-state index contributed by atoms with van der Waals surface area (Å²) in [7, 11) is 10.7. The molecule has 14 heteroatoms. The predicted molar refractivity (Wildman–Crippen MR) is 229 cm³/mol. The van der Waals surface area contributed by atoms with Crippen LogP contribution < -0.4 is 27.4 Å². The first kappa shape index (κ1) is 40.8. The number of fused-ring (bicyclic) bond motifs is 6. The zero-order valence-corrected chi connectivity index (χ0v) is 34.1. The van der Waals surface area contributed by atoms with Crippen molar-refractivity contribution in [1.29, 1.82) is 0 Å². The number of anilines is 4. The third-order valence-corrected chi connectivity index (χ3v) is 14.2. The van der Waals surface area contributed by atoms with E-state index in [2.05, 4.69) is 63.9 Å². The van der Waals surface area contributed by atoms with Crippen LogP contribution in [0.5, 0.6) is 0 Å². The molecule has 298 valence electrons. The maximum atomic E-state index is 5.95. The Bertz CT molecular complexity index is 1820. The van der Waals surface area contributed by atoms with Gasteiger partial charge in [0.25, 0.3) is 0 Å². The van der Waals surface area contributed by atoms with Crippen LogP contribution in [0, 0.1) is 0 Å². The number of nitrogen functional groups attached to an aromatic ring is 1. The molecule has 1 saturated heterocycles. The predicted octanol–water partition coefficient (Wildman–Crippen LogP) is 7.27. The summed E-state index contributed by atoms with van der Waals surface area (Å²) in [5.74, 6) is 3.14. The zero-order valence-electron chi connectivity index (χ0n) is 32.5. The number of hydrogen-bond donors (Lipinski definition) is 5. The standard InChI is InChI=1S/C18H27N5S.C17H25N5S.C4H9NO.CH4/c1-19-18-21-16(20-11-7-9-12(10-8-11)23(2)3)15-13-5-4-6-14(13)24-17(15)22-18;1-22(2)11-8-6-10(7-9-11)19-15-14-12-4-3-5-13(12)23-16(14)21-17(18)20-15;5-4-2-1-3-6-4;/h11-12H,4-10H2,1-3H3,(H2,19,20,21,22);10-11H,3-9H2,1-2H3,(H3,18,19,20,21);4H,1-3,5H2;1H4. The Morgan fingerprint density at radius 2 is 1.15 bits per heavy atom. The van der Waals surface area contributed by atoms with Crippen LogP contribution in [0.2, 0.25) is 0 Å². The summed E-state index contributed by atoms with van der Waals surface area (Å²) in [6.07, 6.45) is 19.3. The summed E-state index contributed by atoms with van der Waals surface area (Å²) in [6, 6.07) is 2.47. The highest BCUT2D eigenvalue weighted by molar-refractivity contribution is 7.19. The first-order chi connectivity index (χ1) is 25.7. The van der Waals surface area contributed by atoms with Gasteiger partial charge in [0.05, 0.1) is 10.8 Å². The molecule has 1 atom stereocenters. The number of nitrogens with one attached hydrogen (secondary N) is 3. The maximum absolute atomic E-state index is 5.95. The van der Waals surface area contributed by atoms with E-state index in [1.807, 2.05) is 18.4 Å². The van der Waals surface area contributed by atoms with Gasteiger partial charge in [0, 0.05) is 47.6 Å². The van der Waals surface area contributed by atoms with Gasteiger partial charge >= 0.3 is 0 Å². The molecule has 9 rings (SSSR count). The lowest BCUT2D eigenvalue weighted by Crippen LogP contribution is -2.36. The number of thiophene rings is 2. The molecule has 0 bridgehead atoms. The second kappa shape index (κ2) is 18.4. The summed E-state index contributed by atoms with van der Waals surface area (Å²) in [5.41, 5.74) is 14.2. The van der Waals surface area contributed by atoms with Crippen molar-refractivity contribution in [2.75, 3.05) is 63.5 Å². The molecule has 12 nitrogen and oxygen atoms in total. The Hall–Kier alpha value is -2.88. The third kappa shape index (κ3) is 9.38. The van der Waals surface area contributed by atoms with Gasteiger partial charge in [0.1, 0.15) is 27.5 Å². The van der Waals surface area contributed by atoms with Crippen molar-refractivity contribution in [3.05, 3.63) is 20.9 Å². The van der Waals surface area contributed by atoms with Crippen LogP contribution in [-0.4, -0.2) is 102 Å². The number of aryl methyl sites for hydroxylation is 4. The van der Waals surface area contributed by atoms with Crippen LogP contribution in [0.25, 0.3) is 20.4 Å². The molecule has 0 spiro atoms. The molecule has 5 aliphatic rings. The first-order valence-corrected chi connectivity index (χ1v) is 21.6. The fourth-order valence-corrected chi connectivity index (χ4v) is 11.3. The summed E-state index contributed by atoms with van der Waals surface area (Å²) in [4.78, 5) is 28.4. The van der Waals surface area contributed by atoms with Gasteiger partial charge in [-0.05, 0) is 142 Å². The Balaban J connectivity index is 0.000000157. The number of nitrogens with zero attached hydrogens (tertiary/aromatic N) is 6. The van der Waals surface area contributed by atoms with E-state index >= 15 is 0 Å². The number of hydrogen-bond acceptors (Lipinski definition) is 14. The maximum Gasteiger partial charge on any atom is 0.225 e. The minimum absolute atomic E-state index is 0. The summed E-state index contributed by atoms with van der Waals surface area (Å²) in [5, 5.41) is 13.1. The van der Waals surface area contributed by atoms with E-state index in [0.717, 1.165) is 59.2 Å². The van der Waals surface area contributed by atoms with Crippen LogP contribution in [0.15, 0.2) is 0 Å². The van der Waals surface area contributed by atoms with Gasteiger partial charge in [-0.3, -0.25) is 0 Å². The van der Waals surface area contributed by atoms with Gasteiger partial charge in [-0.25, -0.2) is 9.97 Å². The van der Waals surface area contributed by atoms with E-state index in [1.54, 1.807) is 11.3 Å². The average Bonchev–Trinajstić information content (AvgIpc) is 3.98. The highest BCUT2D eigenvalue weighted by atomic mass is 32.1. The molecule has 4 aromatic heterocycles. The molecule has 4 aromatic rings. The molecule has 0 amide bonds. The lowest BCUT2D eigenvalue weighted by atomic mass is 9.90. The van der Waals surface area contributed by atoms with Gasteiger partial charge in [0.15, 0.2) is 0 Å². The fourth-order valence-electron chi connectivity index (χ4n) is 8.79. The summed E-state index contributed by atoms with van der Waals surface area (Å²) >= 11 is 3.66. The minimum atomic E-state index is 0. The molecule has 5 heterocycles. The van der Waals surface area contributed by atoms with Crippen molar-refractivity contribution < 1.29 is 4.74 Å². The molecule has 1 unspecified atom stereocenters. The van der Waals surface area contributed by atoms with Crippen molar-refractivity contribution >= 4 is 66.6 Å². The quantitative estimate of drug-likeness (QED) is 0.128. The summed E-state index contributed by atoms with van der Waals surface area (Å²) < 4.78 is 4.93. The van der Waals surface area contributed by atoms with Crippen molar-refractivity contribution in [1.82, 2.24) is 29.7 Å². The van der Waals surface area contributed by atoms with Gasteiger partial charge in [-0.2, -0.15) is 9.97 Å². The molecule has 7 N–H and O–H groups in total. The van der Waals surface area contributed by atoms with Crippen LogP contribution in [-0.2, 0) is 30.4 Å². The zero-order chi connectivity index (χ0) is 37.1. The Kier molecular flexibility index (Phi) is 13.9. The second-order valence-electron chi connectivity index (χ2n) is 15.9. The van der Waals surface area contributed by atoms with E-state index in [1.165, 1.54) is 115 Å².